The van der Waals surface area contributed by atoms with Crippen LogP contribution in [0, 0.1) is 0 Å². The number of aromatic nitrogens is 1. The third-order valence-corrected chi connectivity index (χ3v) is 2.75. The van der Waals surface area contributed by atoms with E-state index in [1.165, 1.54) is 6.42 Å². The summed E-state index contributed by atoms with van der Waals surface area (Å²) in [5.41, 5.74) is 0.802. The SMILES string of the molecule is C=Cc1cc(OCC2CCN2)cnc1Cl. The molecule has 0 saturated carbocycles. The van der Waals surface area contributed by atoms with E-state index in [1.807, 2.05) is 6.07 Å². The zero-order valence-corrected chi connectivity index (χ0v) is 9.13. The largest absolute Gasteiger partial charge is 0.490 e. The van der Waals surface area contributed by atoms with Gasteiger partial charge in [-0.3, -0.25) is 0 Å². The summed E-state index contributed by atoms with van der Waals surface area (Å²) in [5, 5.41) is 3.72. The van der Waals surface area contributed by atoms with Gasteiger partial charge >= 0.3 is 0 Å². The van der Waals surface area contributed by atoms with Crippen molar-refractivity contribution >= 4 is 17.7 Å². The first-order valence-corrected chi connectivity index (χ1v) is 5.31. The Balaban J connectivity index is 1.98. The highest BCUT2D eigenvalue weighted by molar-refractivity contribution is 6.30. The van der Waals surface area contributed by atoms with Crippen molar-refractivity contribution in [2.45, 2.75) is 12.5 Å². The number of hydrogen-bond acceptors (Lipinski definition) is 3. The lowest BCUT2D eigenvalue weighted by molar-refractivity contribution is 0.217. The highest BCUT2D eigenvalue weighted by atomic mass is 35.5. The smallest absolute Gasteiger partial charge is 0.138 e. The minimum Gasteiger partial charge on any atom is -0.490 e. The Hall–Kier alpha value is -1.06. The number of pyridine rings is 1. The maximum Gasteiger partial charge on any atom is 0.138 e. The normalized spacial score (nSPS) is 19.4. The fraction of sp³-hybridized carbons (Fsp3) is 0.364. The van der Waals surface area contributed by atoms with Crippen molar-refractivity contribution in [3.63, 3.8) is 0 Å². The molecule has 1 saturated heterocycles. The Bertz CT molecular complexity index is 364. The third-order valence-electron chi connectivity index (χ3n) is 2.44. The monoisotopic (exact) mass is 224 g/mol. The summed E-state index contributed by atoms with van der Waals surface area (Å²) in [7, 11) is 0. The van der Waals surface area contributed by atoms with Crippen LogP contribution < -0.4 is 10.1 Å². The Morgan fingerprint density at radius 2 is 2.53 bits per heavy atom. The molecule has 0 amide bonds. The third kappa shape index (κ3) is 2.49. The van der Waals surface area contributed by atoms with E-state index < -0.39 is 0 Å². The van der Waals surface area contributed by atoms with E-state index in [0.717, 1.165) is 17.9 Å². The van der Waals surface area contributed by atoms with Crippen LogP contribution in [0.4, 0.5) is 0 Å². The molecular formula is C11H13ClN2O. The zero-order valence-electron chi connectivity index (χ0n) is 8.37. The number of nitrogens with zero attached hydrogens (tertiary/aromatic N) is 1. The maximum absolute atomic E-state index is 5.85. The average molecular weight is 225 g/mol. The number of rotatable bonds is 4. The molecule has 1 aliphatic rings. The Labute approximate surface area is 94.1 Å². The van der Waals surface area contributed by atoms with Gasteiger partial charge < -0.3 is 10.1 Å². The van der Waals surface area contributed by atoms with Crippen molar-refractivity contribution in [3.05, 3.63) is 29.6 Å². The van der Waals surface area contributed by atoms with Crippen molar-refractivity contribution < 1.29 is 4.74 Å². The second-order valence-corrected chi connectivity index (χ2v) is 3.86. The van der Waals surface area contributed by atoms with Crippen molar-refractivity contribution in [2.75, 3.05) is 13.2 Å². The van der Waals surface area contributed by atoms with Crippen LogP contribution in [0.3, 0.4) is 0 Å². The summed E-state index contributed by atoms with van der Waals surface area (Å²) >= 11 is 5.85. The van der Waals surface area contributed by atoms with Gasteiger partial charge in [0.25, 0.3) is 0 Å². The molecule has 1 aromatic rings. The van der Waals surface area contributed by atoms with E-state index in [9.17, 15) is 0 Å². The van der Waals surface area contributed by atoms with Gasteiger partial charge in [0.2, 0.25) is 0 Å². The molecular weight excluding hydrogens is 212 g/mol. The Kier molecular flexibility index (Phi) is 3.23. The predicted molar refractivity (Wildman–Crippen MR) is 61.2 cm³/mol. The Morgan fingerprint density at radius 1 is 1.73 bits per heavy atom. The van der Waals surface area contributed by atoms with Crippen LogP contribution in [-0.2, 0) is 0 Å². The van der Waals surface area contributed by atoms with Crippen LogP contribution in [0.2, 0.25) is 5.15 Å². The second kappa shape index (κ2) is 4.64. The van der Waals surface area contributed by atoms with Crippen LogP contribution in [0.1, 0.15) is 12.0 Å². The zero-order chi connectivity index (χ0) is 10.7. The van der Waals surface area contributed by atoms with E-state index in [-0.39, 0.29) is 0 Å². The first kappa shape index (κ1) is 10.5. The Morgan fingerprint density at radius 3 is 3.13 bits per heavy atom. The van der Waals surface area contributed by atoms with Gasteiger partial charge in [-0.1, -0.05) is 24.3 Å². The minimum absolute atomic E-state index is 0.458. The summed E-state index contributed by atoms with van der Waals surface area (Å²) < 4.78 is 5.58. The van der Waals surface area contributed by atoms with Gasteiger partial charge in [0.05, 0.1) is 6.20 Å². The fourth-order valence-corrected chi connectivity index (χ4v) is 1.54. The summed E-state index contributed by atoms with van der Waals surface area (Å²) in [6.45, 7) is 5.43. The molecule has 0 aromatic carbocycles. The highest BCUT2D eigenvalue weighted by Crippen LogP contribution is 2.20. The topological polar surface area (TPSA) is 34.1 Å². The molecule has 1 N–H and O–H groups in total. The highest BCUT2D eigenvalue weighted by Gasteiger charge is 2.16. The average Bonchev–Trinajstić information content (AvgIpc) is 2.18. The molecule has 1 fully saturated rings. The first-order chi connectivity index (χ1) is 7.29. The maximum atomic E-state index is 5.85. The van der Waals surface area contributed by atoms with Gasteiger partial charge in [-0.25, -0.2) is 4.98 Å². The molecule has 15 heavy (non-hydrogen) atoms. The van der Waals surface area contributed by atoms with Gasteiger partial charge in [-0.2, -0.15) is 0 Å². The van der Waals surface area contributed by atoms with Gasteiger partial charge in [0.15, 0.2) is 0 Å². The molecule has 0 radical (unpaired) electrons. The number of ether oxygens (including phenoxy) is 1. The molecule has 4 heteroatoms. The van der Waals surface area contributed by atoms with Crippen LogP contribution in [0.25, 0.3) is 6.08 Å². The summed E-state index contributed by atoms with van der Waals surface area (Å²) in [5.74, 6) is 0.739. The number of nitrogens with one attached hydrogen (secondary N) is 1. The van der Waals surface area contributed by atoms with Gasteiger partial charge in [0.1, 0.15) is 17.5 Å². The summed E-state index contributed by atoms with van der Waals surface area (Å²) in [6.07, 6.45) is 4.48. The lowest BCUT2D eigenvalue weighted by Gasteiger charge is -2.27. The molecule has 0 bridgehead atoms. The van der Waals surface area contributed by atoms with Crippen LogP contribution in [0.15, 0.2) is 18.8 Å². The number of halogens is 1. The lowest BCUT2D eigenvalue weighted by atomic mass is 10.1. The van der Waals surface area contributed by atoms with E-state index in [0.29, 0.717) is 17.8 Å². The minimum atomic E-state index is 0.458. The van der Waals surface area contributed by atoms with Crippen molar-refractivity contribution in [3.8, 4) is 5.75 Å². The van der Waals surface area contributed by atoms with E-state index in [2.05, 4.69) is 16.9 Å². The van der Waals surface area contributed by atoms with Crippen LogP contribution in [-0.4, -0.2) is 24.2 Å². The molecule has 1 aromatic heterocycles. The van der Waals surface area contributed by atoms with Crippen molar-refractivity contribution in [1.82, 2.24) is 10.3 Å². The molecule has 1 unspecified atom stereocenters. The molecule has 0 spiro atoms. The second-order valence-electron chi connectivity index (χ2n) is 3.51. The molecule has 80 valence electrons. The molecule has 1 atom stereocenters. The van der Waals surface area contributed by atoms with Crippen LogP contribution >= 0.6 is 11.6 Å². The molecule has 1 aliphatic heterocycles. The van der Waals surface area contributed by atoms with Gasteiger partial charge in [-0.15, -0.1) is 0 Å². The first-order valence-electron chi connectivity index (χ1n) is 4.94. The van der Waals surface area contributed by atoms with E-state index >= 15 is 0 Å². The van der Waals surface area contributed by atoms with Crippen LogP contribution in [0.5, 0.6) is 5.75 Å². The van der Waals surface area contributed by atoms with Gasteiger partial charge in [0, 0.05) is 11.6 Å². The number of hydrogen-bond donors (Lipinski definition) is 1. The molecule has 0 aliphatic carbocycles. The molecule has 2 rings (SSSR count). The van der Waals surface area contributed by atoms with E-state index in [4.69, 9.17) is 16.3 Å². The fourth-order valence-electron chi connectivity index (χ4n) is 1.35. The quantitative estimate of drug-likeness (QED) is 0.796. The van der Waals surface area contributed by atoms with Crippen molar-refractivity contribution in [1.29, 1.82) is 0 Å². The predicted octanol–water partition coefficient (Wildman–Crippen LogP) is 2.12. The van der Waals surface area contributed by atoms with E-state index in [1.54, 1.807) is 12.3 Å². The van der Waals surface area contributed by atoms with Gasteiger partial charge in [-0.05, 0) is 19.0 Å². The summed E-state index contributed by atoms with van der Waals surface area (Å²) in [4.78, 5) is 4.02. The molecule has 2 heterocycles. The lowest BCUT2D eigenvalue weighted by Crippen LogP contribution is -2.46. The van der Waals surface area contributed by atoms with Crippen molar-refractivity contribution in [2.24, 2.45) is 0 Å². The standard InChI is InChI=1S/C11H13ClN2O/c1-2-8-5-10(6-14-11(8)12)15-7-9-3-4-13-9/h2,5-6,9,13H,1,3-4,7H2. The summed E-state index contributed by atoms with van der Waals surface area (Å²) in [6, 6.07) is 2.33. The molecule has 3 nitrogen and oxygen atoms in total.